The smallest absolute Gasteiger partial charge is 0.0645 e. The molecule has 70 valence electrons. The molecule has 0 saturated carbocycles. The molecule has 0 bridgehead atoms. The fourth-order valence-corrected chi connectivity index (χ4v) is 1.93. The van der Waals surface area contributed by atoms with E-state index in [4.69, 9.17) is 4.74 Å². The molecule has 0 aromatic heterocycles. The van der Waals surface area contributed by atoms with Crippen molar-refractivity contribution in [2.75, 3.05) is 32.8 Å². The number of hydrogen-bond acceptors (Lipinski definition) is 3. The number of hydrogen-bond donors (Lipinski definition) is 1. The second-order valence-corrected chi connectivity index (χ2v) is 4.47. The van der Waals surface area contributed by atoms with Crippen LogP contribution in [0.4, 0.5) is 0 Å². The Kier molecular flexibility index (Phi) is 2.10. The molecule has 3 heteroatoms. The summed E-state index contributed by atoms with van der Waals surface area (Å²) in [6.07, 6.45) is 0. The van der Waals surface area contributed by atoms with Crippen molar-refractivity contribution in [3.05, 3.63) is 0 Å². The van der Waals surface area contributed by atoms with Crippen LogP contribution in [0.15, 0.2) is 0 Å². The minimum absolute atomic E-state index is 0.286. The molecule has 2 rings (SSSR count). The highest BCUT2D eigenvalue weighted by molar-refractivity contribution is 4.91. The zero-order valence-corrected chi connectivity index (χ0v) is 7.97. The van der Waals surface area contributed by atoms with Crippen LogP contribution in [-0.4, -0.2) is 49.3 Å². The van der Waals surface area contributed by atoms with E-state index < -0.39 is 0 Å². The van der Waals surface area contributed by atoms with Crippen molar-refractivity contribution >= 4 is 0 Å². The molecule has 3 nitrogen and oxygen atoms in total. The van der Waals surface area contributed by atoms with Crippen molar-refractivity contribution in [1.29, 1.82) is 0 Å². The average Bonchev–Trinajstić information content (AvgIpc) is 1.80. The van der Waals surface area contributed by atoms with Gasteiger partial charge in [-0.2, -0.15) is 0 Å². The number of ether oxygens (including phenoxy) is 1. The van der Waals surface area contributed by atoms with E-state index in [2.05, 4.69) is 24.1 Å². The summed E-state index contributed by atoms with van der Waals surface area (Å²) in [7, 11) is 0. The van der Waals surface area contributed by atoms with Gasteiger partial charge in [0.25, 0.3) is 0 Å². The number of nitrogens with one attached hydrogen (secondary N) is 1. The number of nitrogens with zero attached hydrogens (tertiary/aromatic N) is 1. The number of piperazine rings is 1. The van der Waals surface area contributed by atoms with Gasteiger partial charge in [-0.3, -0.25) is 4.90 Å². The monoisotopic (exact) mass is 170 g/mol. The van der Waals surface area contributed by atoms with Gasteiger partial charge in [-0.1, -0.05) is 0 Å². The first-order valence-corrected chi connectivity index (χ1v) is 4.74. The fraction of sp³-hybridized carbons (Fsp3) is 1.00. The molecule has 12 heavy (non-hydrogen) atoms. The van der Waals surface area contributed by atoms with E-state index >= 15 is 0 Å². The molecule has 0 amide bonds. The molecule has 0 aromatic rings. The Morgan fingerprint density at radius 2 is 2.17 bits per heavy atom. The largest absolute Gasteiger partial charge is 0.378 e. The third-order valence-corrected chi connectivity index (χ3v) is 2.74. The van der Waals surface area contributed by atoms with Crippen molar-refractivity contribution < 1.29 is 4.74 Å². The van der Waals surface area contributed by atoms with Gasteiger partial charge >= 0.3 is 0 Å². The Labute approximate surface area is 74.1 Å². The molecule has 0 radical (unpaired) electrons. The zero-order valence-electron chi connectivity index (χ0n) is 7.97. The Balaban J connectivity index is 1.89. The molecule has 0 aromatic carbocycles. The van der Waals surface area contributed by atoms with Crippen LogP contribution in [0.3, 0.4) is 0 Å². The Bertz CT molecular complexity index is 166. The van der Waals surface area contributed by atoms with E-state index in [1.54, 1.807) is 0 Å². The molecule has 0 aliphatic carbocycles. The summed E-state index contributed by atoms with van der Waals surface area (Å²) < 4.78 is 5.19. The summed E-state index contributed by atoms with van der Waals surface area (Å²) in [5.41, 5.74) is 0.286. The minimum Gasteiger partial charge on any atom is -0.378 e. The fourth-order valence-electron chi connectivity index (χ4n) is 1.93. The second kappa shape index (κ2) is 2.98. The molecular formula is C9H18N2O. The zero-order chi connectivity index (χ0) is 8.60. The second-order valence-electron chi connectivity index (χ2n) is 4.47. The van der Waals surface area contributed by atoms with Crippen LogP contribution in [0.25, 0.3) is 0 Å². The predicted octanol–water partition coefficient (Wildman–Crippen LogP) is 0.0690. The third kappa shape index (κ3) is 1.63. The maximum absolute atomic E-state index is 5.19. The van der Waals surface area contributed by atoms with E-state index in [1.807, 2.05) is 0 Å². The lowest BCUT2D eigenvalue weighted by molar-refractivity contribution is -0.0775. The first-order valence-electron chi connectivity index (χ1n) is 4.74. The van der Waals surface area contributed by atoms with E-state index in [9.17, 15) is 0 Å². The normalized spacial score (nSPS) is 31.5. The van der Waals surface area contributed by atoms with Gasteiger partial charge in [0.15, 0.2) is 0 Å². The standard InChI is InChI=1S/C9H18N2O/c1-9(2)7-11(4-3-10-9)8-5-12-6-8/h8,10H,3-7H2,1-2H3. The SMILES string of the molecule is CC1(C)CN(C2COC2)CCN1. The van der Waals surface area contributed by atoms with Crippen LogP contribution in [0.5, 0.6) is 0 Å². The lowest BCUT2D eigenvalue weighted by Gasteiger charge is -2.45. The van der Waals surface area contributed by atoms with Crippen LogP contribution in [0.2, 0.25) is 0 Å². The molecule has 2 aliphatic rings. The lowest BCUT2D eigenvalue weighted by atomic mass is 10.0. The van der Waals surface area contributed by atoms with E-state index in [-0.39, 0.29) is 5.54 Å². The highest BCUT2D eigenvalue weighted by atomic mass is 16.5. The molecular weight excluding hydrogens is 152 g/mol. The summed E-state index contributed by atoms with van der Waals surface area (Å²) in [6, 6.07) is 0.700. The van der Waals surface area contributed by atoms with Gasteiger partial charge in [-0.25, -0.2) is 0 Å². The van der Waals surface area contributed by atoms with E-state index in [0.29, 0.717) is 6.04 Å². The maximum Gasteiger partial charge on any atom is 0.0645 e. The van der Waals surface area contributed by atoms with Crippen LogP contribution < -0.4 is 5.32 Å². The minimum atomic E-state index is 0.286. The predicted molar refractivity (Wildman–Crippen MR) is 48.3 cm³/mol. The van der Waals surface area contributed by atoms with Crippen molar-refractivity contribution in [2.24, 2.45) is 0 Å². The summed E-state index contributed by atoms with van der Waals surface area (Å²) in [4.78, 5) is 2.54. The van der Waals surface area contributed by atoms with Gasteiger partial charge < -0.3 is 10.1 Å². The van der Waals surface area contributed by atoms with Gasteiger partial charge in [0, 0.05) is 25.2 Å². The summed E-state index contributed by atoms with van der Waals surface area (Å²) >= 11 is 0. The summed E-state index contributed by atoms with van der Waals surface area (Å²) in [6.45, 7) is 9.85. The lowest BCUT2D eigenvalue weighted by Crippen LogP contribution is -2.62. The molecule has 1 N–H and O–H groups in total. The van der Waals surface area contributed by atoms with E-state index in [1.165, 1.54) is 6.54 Å². The van der Waals surface area contributed by atoms with Gasteiger partial charge in [-0.15, -0.1) is 0 Å². The third-order valence-electron chi connectivity index (χ3n) is 2.74. The van der Waals surface area contributed by atoms with Gasteiger partial charge in [0.05, 0.1) is 19.3 Å². The molecule has 2 saturated heterocycles. The molecule has 0 unspecified atom stereocenters. The van der Waals surface area contributed by atoms with E-state index in [0.717, 1.165) is 26.3 Å². The van der Waals surface area contributed by atoms with Crippen molar-refractivity contribution in [3.63, 3.8) is 0 Å². The topological polar surface area (TPSA) is 24.5 Å². The van der Waals surface area contributed by atoms with Crippen molar-refractivity contribution in [1.82, 2.24) is 10.2 Å². The molecule has 2 heterocycles. The highest BCUT2D eigenvalue weighted by Crippen LogP contribution is 2.17. The Morgan fingerprint density at radius 3 is 2.67 bits per heavy atom. The molecule has 2 aliphatic heterocycles. The van der Waals surface area contributed by atoms with Crippen molar-refractivity contribution in [2.45, 2.75) is 25.4 Å². The summed E-state index contributed by atoms with van der Waals surface area (Å²) in [5.74, 6) is 0. The van der Waals surface area contributed by atoms with Gasteiger partial charge in [-0.05, 0) is 13.8 Å². The first kappa shape index (κ1) is 8.48. The van der Waals surface area contributed by atoms with Crippen molar-refractivity contribution in [3.8, 4) is 0 Å². The van der Waals surface area contributed by atoms with Crippen LogP contribution in [0, 0.1) is 0 Å². The van der Waals surface area contributed by atoms with Crippen LogP contribution in [0.1, 0.15) is 13.8 Å². The van der Waals surface area contributed by atoms with Crippen LogP contribution in [-0.2, 0) is 4.74 Å². The Hall–Kier alpha value is -0.120. The average molecular weight is 170 g/mol. The highest BCUT2D eigenvalue weighted by Gasteiger charge is 2.33. The first-order chi connectivity index (χ1) is 5.67. The molecule has 2 fully saturated rings. The Morgan fingerprint density at radius 1 is 1.42 bits per heavy atom. The quantitative estimate of drug-likeness (QED) is 0.602. The molecule has 0 atom stereocenters. The summed E-state index contributed by atoms with van der Waals surface area (Å²) in [5, 5.41) is 3.51. The number of rotatable bonds is 1. The van der Waals surface area contributed by atoms with Gasteiger partial charge in [0.2, 0.25) is 0 Å². The molecule has 0 spiro atoms. The van der Waals surface area contributed by atoms with Crippen LogP contribution >= 0.6 is 0 Å². The van der Waals surface area contributed by atoms with Gasteiger partial charge in [0.1, 0.15) is 0 Å². The maximum atomic E-state index is 5.19.